The molecule has 3 rings (SSSR count). The summed E-state index contributed by atoms with van der Waals surface area (Å²) in [4.78, 5) is 12.7. The SMILES string of the molecule is Cc1ccc(N(CC(=O)NC2CCCc3ccccc32)S(C)(=O)=O)cc1Cl. The van der Waals surface area contributed by atoms with Gasteiger partial charge in [0.1, 0.15) is 6.54 Å². The molecule has 0 bridgehead atoms. The van der Waals surface area contributed by atoms with Crippen LogP contribution in [0.2, 0.25) is 5.02 Å². The third kappa shape index (κ3) is 4.62. The predicted octanol–water partition coefficient (Wildman–Crippen LogP) is 3.61. The van der Waals surface area contributed by atoms with Crippen LogP contribution in [0.1, 0.15) is 35.6 Å². The van der Waals surface area contributed by atoms with Gasteiger partial charge in [0.2, 0.25) is 15.9 Å². The van der Waals surface area contributed by atoms with E-state index >= 15 is 0 Å². The molecule has 0 spiro atoms. The van der Waals surface area contributed by atoms with Gasteiger partial charge in [-0.3, -0.25) is 9.10 Å². The molecule has 1 amide bonds. The minimum atomic E-state index is -3.63. The van der Waals surface area contributed by atoms with Crippen LogP contribution in [-0.4, -0.2) is 27.1 Å². The first-order valence-electron chi connectivity index (χ1n) is 8.87. The monoisotopic (exact) mass is 406 g/mol. The fourth-order valence-corrected chi connectivity index (χ4v) is 4.43. The Kier molecular flexibility index (Phi) is 5.77. The molecule has 0 aliphatic heterocycles. The zero-order valence-corrected chi connectivity index (χ0v) is 17.0. The fourth-order valence-electron chi connectivity index (χ4n) is 3.41. The van der Waals surface area contributed by atoms with Crippen molar-refractivity contribution in [2.45, 2.75) is 32.2 Å². The first-order valence-corrected chi connectivity index (χ1v) is 11.1. The van der Waals surface area contributed by atoms with E-state index < -0.39 is 10.0 Å². The van der Waals surface area contributed by atoms with E-state index in [1.54, 1.807) is 18.2 Å². The van der Waals surface area contributed by atoms with E-state index in [1.165, 1.54) is 5.56 Å². The lowest BCUT2D eigenvalue weighted by Crippen LogP contribution is -2.42. The summed E-state index contributed by atoms with van der Waals surface area (Å²) in [6, 6.07) is 12.9. The molecule has 2 aromatic carbocycles. The largest absolute Gasteiger partial charge is 0.348 e. The van der Waals surface area contributed by atoms with Crippen LogP contribution < -0.4 is 9.62 Å². The number of halogens is 1. The molecule has 0 saturated carbocycles. The number of hydrogen-bond acceptors (Lipinski definition) is 3. The number of carbonyl (C=O) groups is 1. The highest BCUT2D eigenvalue weighted by Crippen LogP contribution is 2.30. The van der Waals surface area contributed by atoms with Crippen LogP contribution in [0.5, 0.6) is 0 Å². The number of benzene rings is 2. The van der Waals surface area contributed by atoms with E-state index in [4.69, 9.17) is 11.6 Å². The molecule has 1 aliphatic carbocycles. The Balaban J connectivity index is 1.79. The number of sulfonamides is 1. The van der Waals surface area contributed by atoms with Crippen molar-refractivity contribution >= 4 is 33.2 Å². The summed E-state index contributed by atoms with van der Waals surface area (Å²) in [5.74, 6) is -0.334. The highest BCUT2D eigenvalue weighted by Gasteiger charge is 2.25. The first-order chi connectivity index (χ1) is 12.8. The summed E-state index contributed by atoms with van der Waals surface area (Å²) in [6.07, 6.45) is 3.92. The quantitative estimate of drug-likeness (QED) is 0.824. The molecule has 5 nitrogen and oxygen atoms in total. The summed E-state index contributed by atoms with van der Waals surface area (Å²) in [7, 11) is -3.63. The summed E-state index contributed by atoms with van der Waals surface area (Å²) < 4.78 is 25.6. The van der Waals surface area contributed by atoms with E-state index in [2.05, 4.69) is 11.4 Å². The van der Waals surface area contributed by atoms with Crippen LogP contribution in [0, 0.1) is 6.92 Å². The second-order valence-electron chi connectivity index (χ2n) is 6.91. The van der Waals surface area contributed by atoms with Gasteiger partial charge in [-0.15, -0.1) is 0 Å². The van der Waals surface area contributed by atoms with Gasteiger partial charge in [-0.25, -0.2) is 8.42 Å². The van der Waals surface area contributed by atoms with Crippen molar-refractivity contribution in [3.8, 4) is 0 Å². The van der Waals surface area contributed by atoms with Gasteiger partial charge in [-0.05, 0) is 55.0 Å². The van der Waals surface area contributed by atoms with Gasteiger partial charge in [0.15, 0.2) is 0 Å². The van der Waals surface area contributed by atoms with Gasteiger partial charge in [0.25, 0.3) is 0 Å². The van der Waals surface area contributed by atoms with Gasteiger partial charge in [-0.1, -0.05) is 41.9 Å². The number of hydrogen-bond donors (Lipinski definition) is 1. The third-order valence-electron chi connectivity index (χ3n) is 4.84. The van der Waals surface area contributed by atoms with Crippen molar-refractivity contribution in [1.29, 1.82) is 0 Å². The van der Waals surface area contributed by atoms with Crippen LogP contribution in [0.25, 0.3) is 0 Å². The van der Waals surface area contributed by atoms with E-state index in [0.717, 1.165) is 41.0 Å². The van der Waals surface area contributed by atoms with Gasteiger partial charge in [0, 0.05) is 5.02 Å². The maximum absolute atomic E-state index is 12.7. The van der Waals surface area contributed by atoms with Gasteiger partial charge in [0.05, 0.1) is 18.0 Å². The Morgan fingerprint density at radius 2 is 2.00 bits per heavy atom. The van der Waals surface area contributed by atoms with Crippen molar-refractivity contribution in [3.63, 3.8) is 0 Å². The number of rotatable bonds is 5. The number of nitrogens with one attached hydrogen (secondary N) is 1. The van der Waals surface area contributed by atoms with Crippen LogP contribution in [0.3, 0.4) is 0 Å². The molecule has 2 aromatic rings. The van der Waals surface area contributed by atoms with Crippen LogP contribution in [0.4, 0.5) is 5.69 Å². The molecular formula is C20H23ClN2O3S. The van der Waals surface area contributed by atoms with Crippen molar-refractivity contribution < 1.29 is 13.2 Å². The normalized spacial score (nSPS) is 16.5. The third-order valence-corrected chi connectivity index (χ3v) is 6.38. The molecular weight excluding hydrogens is 384 g/mol. The van der Waals surface area contributed by atoms with E-state index in [1.807, 2.05) is 25.1 Å². The van der Waals surface area contributed by atoms with Crippen molar-refractivity contribution in [3.05, 3.63) is 64.2 Å². The smallest absolute Gasteiger partial charge is 0.241 e. The molecule has 1 N–H and O–H groups in total. The number of carbonyl (C=O) groups excluding carboxylic acids is 1. The zero-order chi connectivity index (χ0) is 19.6. The Labute approximate surface area is 165 Å². The fraction of sp³-hybridized carbons (Fsp3) is 0.350. The Morgan fingerprint density at radius 3 is 2.70 bits per heavy atom. The minimum Gasteiger partial charge on any atom is -0.348 e. The Morgan fingerprint density at radius 1 is 1.26 bits per heavy atom. The van der Waals surface area contributed by atoms with E-state index in [0.29, 0.717) is 10.7 Å². The second-order valence-corrected chi connectivity index (χ2v) is 9.23. The van der Waals surface area contributed by atoms with Crippen LogP contribution >= 0.6 is 11.6 Å². The first kappa shape index (κ1) is 19.7. The maximum Gasteiger partial charge on any atom is 0.241 e. The topological polar surface area (TPSA) is 66.5 Å². The molecule has 27 heavy (non-hydrogen) atoms. The zero-order valence-electron chi connectivity index (χ0n) is 15.4. The van der Waals surface area contributed by atoms with Gasteiger partial charge in [-0.2, -0.15) is 0 Å². The van der Waals surface area contributed by atoms with E-state index in [9.17, 15) is 13.2 Å². The molecule has 0 radical (unpaired) electrons. The molecule has 1 aliphatic rings. The molecule has 1 atom stereocenters. The lowest BCUT2D eigenvalue weighted by Gasteiger charge is -2.28. The molecule has 144 valence electrons. The standard InChI is InChI=1S/C20H23ClN2O3S/c1-14-10-11-16(12-18(14)21)23(27(2,25)26)13-20(24)22-19-9-5-7-15-6-3-4-8-17(15)19/h3-4,6,8,10-12,19H,5,7,9,13H2,1-2H3,(H,22,24). The molecule has 0 fully saturated rings. The second kappa shape index (κ2) is 7.90. The Hall–Kier alpha value is -2.05. The average Bonchev–Trinajstić information content (AvgIpc) is 2.61. The highest BCUT2D eigenvalue weighted by molar-refractivity contribution is 7.92. The summed E-state index contributed by atoms with van der Waals surface area (Å²) in [6.45, 7) is 1.56. The number of fused-ring (bicyclic) bond motifs is 1. The van der Waals surface area contributed by atoms with Crippen LogP contribution in [-0.2, 0) is 21.2 Å². The maximum atomic E-state index is 12.7. The number of amides is 1. The number of anilines is 1. The minimum absolute atomic E-state index is 0.0922. The highest BCUT2D eigenvalue weighted by atomic mass is 35.5. The van der Waals surface area contributed by atoms with Crippen LogP contribution in [0.15, 0.2) is 42.5 Å². The molecule has 7 heteroatoms. The summed E-state index contributed by atoms with van der Waals surface area (Å²) in [5, 5.41) is 3.46. The van der Waals surface area contributed by atoms with Gasteiger partial charge >= 0.3 is 0 Å². The van der Waals surface area contributed by atoms with E-state index in [-0.39, 0.29) is 18.5 Å². The lowest BCUT2D eigenvalue weighted by molar-refractivity contribution is -0.120. The molecule has 0 heterocycles. The number of aryl methyl sites for hydroxylation is 2. The Bertz CT molecular complexity index is 959. The summed E-state index contributed by atoms with van der Waals surface area (Å²) in [5.41, 5.74) is 3.57. The van der Waals surface area contributed by atoms with Crippen molar-refractivity contribution in [1.82, 2.24) is 5.32 Å². The average molecular weight is 407 g/mol. The number of nitrogens with zero attached hydrogens (tertiary/aromatic N) is 1. The predicted molar refractivity (Wildman–Crippen MR) is 109 cm³/mol. The molecule has 0 saturated heterocycles. The molecule has 1 unspecified atom stereocenters. The lowest BCUT2D eigenvalue weighted by atomic mass is 9.88. The summed E-state index contributed by atoms with van der Waals surface area (Å²) >= 11 is 6.13. The van der Waals surface area contributed by atoms with Gasteiger partial charge < -0.3 is 5.32 Å². The van der Waals surface area contributed by atoms with Crippen molar-refractivity contribution in [2.75, 3.05) is 17.1 Å². The van der Waals surface area contributed by atoms with Crippen molar-refractivity contribution in [2.24, 2.45) is 0 Å². The molecule has 0 aromatic heterocycles.